The minimum Gasteiger partial charge on any atom is -0.360 e. The van der Waals surface area contributed by atoms with Crippen LogP contribution in [0.3, 0.4) is 0 Å². The molecular weight excluding hydrogens is 448 g/mol. The largest absolute Gasteiger partial charge is 0.360 e. The molecule has 0 spiro atoms. The van der Waals surface area contributed by atoms with E-state index in [4.69, 9.17) is 4.52 Å². The Kier molecular flexibility index (Phi) is 7.38. The summed E-state index contributed by atoms with van der Waals surface area (Å²) in [5.41, 5.74) is 1.18. The quantitative estimate of drug-likeness (QED) is 0.499. The van der Waals surface area contributed by atoms with Crippen molar-refractivity contribution >= 4 is 45.9 Å². The summed E-state index contributed by atoms with van der Waals surface area (Å²) in [5, 5.41) is 15.7. The lowest BCUT2D eigenvalue weighted by Gasteiger charge is -2.34. The summed E-state index contributed by atoms with van der Waals surface area (Å²) in [4.78, 5) is 28.6. The van der Waals surface area contributed by atoms with Crippen molar-refractivity contribution in [2.75, 3.05) is 42.1 Å². The number of carbonyl (C=O) groups excluding carboxylic acids is 2. The number of anilines is 2. The Morgan fingerprint density at radius 3 is 2.66 bits per heavy atom. The van der Waals surface area contributed by atoms with Crippen molar-refractivity contribution in [2.45, 2.75) is 24.1 Å². The Hall–Kier alpha value is -2.92. The van der Waals surface area contributed by atoms with Crippen LogP contribution in [0.15, 0.2) is 45.3 Å². The second-order valence-corrected chi connectivity index (χ2v) is 9.54. The molecular formula is C21H24N6O3S2. The number of benzene rings is 1. The molecule has 1 N–H and O–H groups in total. The zero-order valence-electron chi connectivity index (χ0n) is 17.7. The van der Waals surface area contributed by atoms with Gasteiger partial charge in [0.05, 0.1) is 5.75 Å². The molecule has 168 valence electrons. The molecule has 2 amide bonds. The van der Waals surface area contributed by atoms with E-state index in [2.05, 4.69) is 37.7 Å². The van der Waals surface area contributed by atoms with Crippen LogP contribution < -0.4 is 10.2 Å². The monoisotopic (exact) mass is 472 g/mol. The predicted molar refractivity (Wildman–Crippen MR) is 124 cm³/mol. The number of carbonyl (C=O) groups is 2. The fourth-order valence-corrected chi connectivity index (χ4v) is 5.01. The van der Waals surface area contributed by atoms with Crippen LogP contribution in [-0.4, -0.2) is 64.0 Å². The Balaban J connectivity index is 1.19. The third-order valence-electron chi connectivity index (χ3n) is 4.99. The summed E-state index contributed by atoms with van der Waals surface area (Å²) in [5.74, 6) is 1.27. The van der Waals surface area contributed by atoms with Crippen LogP contribution in [0.5, 0.6) is 0 Å². The van der Waals surface area contributed by atoms with Crippen LogP contribution in [0.4, 0.5) is 10.9 Å². The maximum absolute atomic E-state index is 12.5. The minimum absolute atomic E-state index is 0.178. The van der Waals surface area contributed by atoms with E-state index in [0.29, 0.717) is 31.1 Å². The molecule has 1 aliphatic rings. The van der Waals surface area contributed by atoms with Crippen LogP contribution >= 0.6 is 23.1 Å². The number of hydrogen-bond acceptors (Lipinski definition) is 9. The molecule has 1 aromatic carbocycles. The SMILES string of the molecule is Cc1cc(NC(=O)CSc2nnc(N3CCN(C(=O)CCc4ccccc4)CC3)s2)no1. The van der Waals surface area contributed by atoms with Crippen LogP contribution in [-0.2, 0) is 16.0 Å². The van der Waals surface area contributed by atoms with Gasteiger partial charge in [-0.15, -0.1) is 10.2 Å². The summed E-state index contributed by atoms with van der Waals surface area (Å²) < 4.78 is 5.66. The highest BCUT2D eigenvalue weighted by molar-refractivity contribution is 8.01. The lowest BCUT2D eigenvalue weighted by Crippen LogP contribution is -2.48. The molecule has 0 aliphatic carbocycles. The highest BCUT2D eigenvalue weighted by Crippen LogP contribution is 2.28. The van der Waals surface area contributed by atoms with Crippen molar-refractivity contribution in [3.8, 4) is 0 Å². The Bertz CT molecular complexity index is 1050. The van der Waals surface area contributed by atoms with Crippen molar-refractivity contribution in [1.82, 2.24) is 20.3 Å². The van der Waals surface area contributed by atoms with Gasteiger partial charge in [-0.05, 0) is 18.9 Å². The Labute approximate surface area is 194 Å². The number of rotatable bonds is 8. The molecule has 1 aliphatic heterocycles. The van der Waals surface area contributed by atoms with Crippen LogP contribution in [0.2, 0.25) is 0 Å². The first-order valence-corrected chi connectivity index (χ1v) is 12.1. The van der Waals surface area contributed by atoms with Gasteiger partial charge >= 0.3 is 0 Å². The summed E-state index contributed by atoms with van der Waals surface area (Å²) in [7, 11) is 0. The number of aromatic nitrogens is 3. The maximum atomic E-state index is 12.5. The maximum Gasteiger partial charge on any atom is 0.236 e. The number of hydrogen-bond donors (Lipinski definition) is 1. The second kappa shape index (κ2) is 10.6. The lowest BCUT2D eigenvalue weighted by molar-refractivity contribution is -0.131. The molecule has 11 heteroatoms. The van der Waals surface area contributed by atoms with Crippen molar-refractivity contribution in [1.29, 1.82) is 0 Å². The van der Waals surface area contributed by atoms with Crippen LogP contribution in [0.25, 0.3) is 0 Å². The van der Waals surface area contributed by atoms with E-state index >= 15 is 0 Å². The van der Waals surface area contributed by atoms with Crippen LogP contribution in [0.1, 0.15) is 17.7 Å². The van der Waals surface area contributed by atoms with E-state index in [0.717, 1.165) is 29.0 Å². The number of piperazine rings is 1. The average Bonchev–Trinajstić information content (AvgIpc) is 3.46. The van der Waals surface area contributed by atoms with E-state index in [-0.39, 0.29) is 17.6 Å². The summed E-state index contributed by atoms with van der Waals surface area (Å²) in [6.07, 6.45) is 1.29. The van der Waals surface area contributed by atoms with E-state index in [1.807, 2.05) is 23.1 Å². The molecule has 4 rings (SSSR count). The number of amides is 2. The Morgan fingerprint density at radius 1 is 1.16 bits per heavy atom. The number of nitrogens with zero attached hydrogens (tertiary/aromatic N) is 5. The smallest absolute Gasteiger partial charge is 0.236 e. The zero-order chi connectivity index (χ0) is 22.3. The first-order valence-electron chi connectivity index (χ1n) is 10.3. The summed E-state index contributed by atoms with van der Waals surface area (Å²) >= 11 is 2.79. The summed E-state index contributed by atoms with van der Waals surface area (Å²) in [6.45, 7) is 4.57. The highest BCUT2D eigenvalue weighted by Gasteiger charge is 2.23. The average molecular weight is 473 g/mol. The van der Waals surface area contributed by atoms with Gasteiger partial charge in [-0.2, -0.15) is 0 Å². The number of thioether (sulfide) groups is 1. The van der Waals surface area contributed by atoms with Crippen LogP contribution in [0, 0.1) is 6.92 Å². The Morgan fingerprint density at radius 2 is 1.94 bits per heavy atom. The van der Waals surface area contributed by atoms with Crippen molar-refractivity contribution in [2.24, 2.45) is 0 Å². The molecule has 0 bridgehead atoms. The normalized spacial score (nSPS) is 13.9. The van der Waals surface area contributed by atoms with Gasteiger partial charge in [0.15, 0.2) is 10.2 Å². The van der Waals surface area contributed by atoms with E-state index < -0.39 is 0 Å². The molecule has 3 aromatic rings. The molecule has 0 radical (unpaired) electrons. The first-order chi connectivity index (χ1) is 15.6. The second-order valence-electron chi connectivity index (χ2n) is 7.36. The van der Waals surface area contributed by atoms with Crippen molar-refractivity contribution in [3.05, 3.63) is 47.7 Å². The van der Waals surface area contributed by atoms with Gasteiger partial charge in [0.1, 0.15) is 5.76 Å². The van der Waals surface area contributed by atoms with Gasteiger partial charge in [0, 0.05) is 38.7 Å². The highest BCUT2D eigenvalue weighted by atomic mass is 32.2. The van der Waals surface area contributed by atoms with Gasteiger partial charge in [0.25, 0.3) is 0 Å². The molecule has 0 unspecified atom stereocenters. The molecule has 2 aromatic heterocycles. The zero-order valence-corrected chi connectivity index (χ0v) is 19.3. The van der Waals surface area contributed by atoms with E-state index in [9.17, 15) is 9.59 Å². The standard InChI is InChI=1S/C21H24N6O3S2/c1-15-13-17(25-30-15)22-18(28)14-31-21-24-23-20(32-21)27-11-9-26(10-12-27)19(29)8-7-16-5-3-2-4-6-16/h2-6,13H,7-12,14H2,1H3,(H,22,25,28). The molecule has 0 saturated carbocycles. The minimum atomic E-state index is -0.178. The number of aryl methyl sites for hydroxylation is 2. The molecule has 32 heavy (non-hydrogen) atoms. The molecule has 1 saturated heterocycles. The van der Waals surface area contributed by atoms with E-state index in [1.165, 1.54) is 28.7 Å². The fraction of sp³-hybridized carbons (Fsp3) is 0.381. The van der Waals surface area contributed by atoms with Gasteiger partial charge in [-0.25, -0.2) is 0 Å². The topological polar surface area (TPSA) is 104 Å². The van der Waals surface area contributed by atoms with Crippen molar-refractivity contribution < 1.29 is 14.1 Å². The van der Waals surface area contributed by atoms with Crippen molar-refractivity contribution in [3.63, 3.8) is 0 Å². The third-order valence-corrected chi connectivity index (χ3v) is 7.11. The molecule has 9 nitrogen and oxygen atoms in total. The predicted octanol–water partition coefficient (Wildman–Crippen LogP) is 2.85. The summed E-state index contributed by atoms with van der Waals surface area (Å²) in [6, 6.07) is 11.7. The van der Waals surface area contributed by atoms with E-state index in [1.54, 1.807) is 13.0 Å². The van der Waals surface area contributed by atoms with Gasteiger partial charge in [0.2, 0.25) is 16.9 Å². The fourth-order valence-electron chi connectivity index (χ4n) is 3.32. The molecule has 1 fully saturated rings. The molecule has 3 heterocycles. The van der Waals surface area contributed by atoms with Gasteiger partial charge < -0.3 is 19.6 Å². The third kappa shape index (κ3) is 6.07. The molecule has 0 atom stereocenters. The van der Waals surface area contributed by atoms with Gasteiger partial charge in [-0.1, -0.05) is 58.6 Å². The van der Waals surface area contributed by atoms with Gasteiger partial charge in [-0.3, -0.25) is 9.59 Å². The lowest BCUT2D eigenvalue weighted by atomic mass is 10.1. The first kappa shape index (κ1) is 22.3. The number of nitrogens with one attached hydrogen (secondary N) is 1.